The second-order valence-corrected chi connectivity index (χ2v) is 18.7. The standard InChI is InChI=1S/C34H33F2N7O14P2S/c1-50-19-8-4-18(5-9-19)33(45)53-20-6-2-17(3-7-20)14-60-59(49)52-13-22-27(24(35)32(55-22)43-16-40-26-29(37)38-15-39-30(26)43)56-58(47,48)51-12-21-28(57-59)25(36)31(54-21)42-11-10-23(44)41-34(42)46/h2-11,15-16,21-22,24-25,27-28,31-32H,12-14H2,1H3,(H,47,48)(H2,37,38,39)(H,41,44,46)/t21-,22?,24-,25-,27-,28-,31-,32-,59?/m1/s1. The van der Waals surface area contributed by atoms with Gasteiger partial charge in [-0.1, -0.05) is 12.1 Å². The maximum atomic E-state index is 16.4. The molecule has 0 bridgehead atoms. The number of nitrogens with one attached hydrogen (secondary N) is 1. The summed E-state index contributed by atoms with van der Waals surface area (Å²) in [6, 6.07) is 13.3. The van der Waals surface area contributed by atoms with Gasteiger partial charge in [0, 0.05) is 18.0 Å². The first-order valence-electron chi connectivity index (χ1n) is 17.7. The highest BCUT2D eigenvalue weighted by Crippen LogP contribution is 2.65. The lowest BCUT2D eigenvalue weighted by atomic mass is 10.1. The third kappa shape index (κ3) is 8.66. The Hall–Kier alpha value is -4.87. The number of halogens is 2. The Kier molecular flexibility index (Phi) is 11.8. The molecular formula is C34H33F2N7O14P2S. The number of nitrogen functional groups attached to an aromatic ring is 1. The fraction of sp³-hybridized carbons (Fsp3) is 0.353. The number of anilines is 1. The molecule has 0 amide bonds. The lowest BCUT2D eigenvalue weighted by Crippen LogP contribution is -2.38. The highest BCUT2D eigenvalue weighted by atomic mass is 32.7. The normalized spacial score (nSPS) is 30.8. The number of fused-ring (bicyclic) bond motifs is 3. The molecule has 5 aromatic rings. The summed E-state index contributed by atoms with van der Waals surface area (Å²) in [5.74, 6) is -0.0304. The molecule has 26 heteroatoms. The number of nitrogens with two attached hydrogens (primary N) is 1. The van der Waals surface area contributed by atoms with Crippen LogP contribution in [-0.4, -0.2) is 97.0 Å². The molecule has 0 spiro atoms. The number of rotatable bonds is 8. The van der Waals surface area contributed by atoms with Crippen LogP contribution in [0.5, 0.6) is 11.5 Å². The zero-order chi connectivity index (χ0) is 42.3. The predicted octanol–water partition coefficient (Wildman–Crippen LogP) is 3.62. The minimum Gasteiger partial charge on any atom is -0.497 e. The van der Waals surface area contributed by atoms with E-state index in [4.69, 9.17) is 42.8 Å². The Morgan fingerprint density at radius 1 is 0.917 bits per heavy atom. The van der Waals surface area contributed by atoms with Crippen LogP contribution in [-0.2, 0) is 42.5 Å². The first-order valence-corrected chi connectivity index (χ1v) is 22.4. The lowest BCUT2D eigenvalue weighted by Gasteiger charge is -2.29. The van der Waals surface area contributed by atoms with Crippen molar-refractivity contribution in [1.29, 1.82) is 0 Å². The zero-order valence-electron chi connectivity index (χ0n) is 30.8. The number of phosphoric ester groups is 1. The molecule has 3 saturated heterocycles. The largest absolute Gasteiger partial charge is 0.497 e. The minimum absolute atomic E-state index is 0.0163. The number of phosphoric acid groups is 1. The maximum Gasteiger partial charge on any atom is 0.472 e. The van der Waals surface area contributed by atoms with Crippen LogP contribution in [0.1, 0.15) is 28.4 Å². The van der Waals surface area contributed by atoms with Gasteiger partial charge in [-0.05, 0) is 53.3 Å². The van der Waals surface area contributed by atoms with Crippen LogP contribution >= 0.6 is 26.0 Å². The van der Waals surface area contributed by atoms with E-state index in [-0.39, 0.29) is 34.0 Å². The summed E-state index contributed by atoms with van der Waals surface area (Å²) < 4.78 is 107. The molecule has 10 atom stereocenters. The van der Waals surface area contributed by atoms with E-state index in [2.05, 4.69) is 15.0 Å². The van der Waals surface area contributed by atoms with Gasteiger partial charge in [-0.2, -0.15) is 0 Å². The van der Waals surface area contributed by atoms with E-state index in [9.17, 15) is 28.4 Å². The van der Waals surface area contributed by atoms with Gasteiger partial charge in [0.1, 0.15) is 47.8 Å². The second kappa shape index (κ2) is 16.9. The number of benzene rings is 2. The molecule has 6 heterocycles. The third-order valence-electron chi connectivity index (χ3n) is 9.47. The molecule has 3 unspecified atom stereocenters. The number of aromatic amines is 1. The van der Waals surface area contributed by atoms with Gasteiger partial charge in [0.05, 0.1) is 32.2 Å². The van der Waals surface area contributed by atoms with Gasteiger partial charge in [-0.15, -0.1) is 0 Å². The zero-order valence-corrected chi connectivity index (χ0v) is 33.4. The molecule has 2 aromatic carbocycles. The Morgan fingerprint density at radius 3 is 2.25 bits per heavy atom. The Labute approximate surface area is 339 Å². The molecule has 4 N–H and O–H groups in total. The molecule has 0 saturated carbocycles. The smallest absolute Gasteiger partial charge is 0.472 e. The number of ether oxygens (including phenoxy) is 4. The molecule has 8 rings (SSSR count). The average Bonchev–Trinajstić information content (AvgIpc) is 3.89. The van der Waals surface area contributed by atoms with Crippen LogP contribution in [0.15, 0.2) is 83.0 Å². The highest BCUT2D eigenvalue weighted by Gasteiger charge is 2.55. The number of esters is 1. The van der Waals surface area contributed by atoms with E-state index in [1.54, 1.807) is 24.3 Å². The van der Waals surface area contributed by atoms with E-state index < -0.39 is 94.3 Å². The van der Waals surface area contributed by atoms with Gasteiger partial charge >= 0.3 is 26.3 Å². The average molecular weight is 896 g/mol. The number of nitrogens with zero attached hydrogens (tertiary/aromatic N) is 5. The van der Waals surface area contributed by atoms with Crippen LogP contribution in [0.2, 0.25) is 0 Å². The van der Waals surface area contributed by atoms with Gasteiger partial charge < -0.3 is 29.6 Å². The number of imidazole rings is 1. The molecule has 318 valence electrons. The number of hydrogen-bond donors (Lipinski definition) is 3. The summed E-state index contributed by atoms with van der Waals surface area (Å²) in [5, 5.41) is 0. The number of carbonyl (C=O) groups is 1. The first-order chi connectivity index (χ1) is 28.7. The van der Waals surface area contributed by atoms with Crippen molar-refractivity contribution in [1.82, 2.24) is 29.1 Å². The Balaban J connectivity index is 1.06. The summed E-state index contributed by atoms with van der Waals surface area (Å²) in [4.78, 5) is 61.8. The van der Waals surface area contributed by atoms with Crippen LogP contribution in [0.3, 0.4) is 0 Å². The fourth-order valence-electron chi connectivity index (χ4n) is 6.50. The second-order valence-electron chi connectivity index (χ2n) is 13.3. The van der Waals surface area contributed by atoms with Crippen LogP contribution in [0, 0.1) is 0 Å². The Bertz CT molecular complexity index is 2600. The summed E-state index contributed by atoms with van der Waals surface area (Å²) in [5.41, 5.74) is 4.98. The van der Waals surface area contributed by atoms with Crippen molar-refractivity contribution < 1.29 is 64.6 Å². The molecule has 0 aliphatic carbocycles. The van der Waals surface area contributed by atoms with E-state index in [1.807, 2.05) is 4.98 Å². The predicted molar refractivity (Wildman–Crippen MR) is 203 cm³/mol. The number of alkyl halides is 2. The van der Waals surface area contributed by atoms with E-state index in [1.165, 1.54) is 31.4 Å². The fourth-order valence-corrected chi connectivity index (χ4v) is 10.8. The lowest BCUT2D eigenvalue weighted by molar-refractivity contribution is -0.0619. The van der Waals surface area contributed by atoms with Gasteiger partial charge in [-0.25, -0.2) is 42.5 Å². The van der Waals surface area contributed by atoms with E-state index in [0.29, 0.717) is 27.3 Å². The van der Waals surface area contributed by atoms with Crippen molar-refractivity contribution in [2.75, 3.05) is 26.1 Å². The third-order valence-corrected chi connectivity index (χ3v) is 14.1. The monoisotopic (exact) mass is 895 g/mol. The summed E-state index contributed by atoms with van der Waals surface area (Å²) in [7, 11) is -3.74. The van der Waals surface area contributed by atoms with Gasteiger partial charge in [0.25, 0.3) is 5.56 Å². The minimum atomic E-state index is -5.23. The molecule has 0 radical (unpaired) electrons. The van der Waals surface area contributed by atoms with Crippen molar-refractivity contribution in [2.24, 2.45) is 0 Å². The van der Waals surface area contributed by atoms with Gasteiger partial charge in [-0.3, -0.25) is 37.0 Å². The number of aromatic nitrogens is 6. The van der Waals surface area contributed by atoms with E-state index in [0.717, 1.165) is 29.5 Å². The quantitative estimate of drug-likeness (QED) is 0.114. The first kappa shape index (κ1) is 41.8. The van der Waals surface area contributed by atoms with Crippen LogP contribution in [0.25, 0.3) is 11.2 Å². The maximum absolute atomic E-state index is 16.4. The Morgan fingerprint density at radius 2 is 1.57 bits per heavy atom. The van der Waals surface area contributed by atoms with Gasteiger partial charge in [0.2, 0.25) is 0 Å². The topological polar surface area (TPSA) is 270 Å². The molecule has 3 aliphatic rings. The number of carbonyl (C=O) groups excluding carboxylic acids is 1. The summed E-state index contributed by atoms with van der Waals surface area (Å²) >= 11 is 0.586. The van der Waals surface area contributed by atoms with Crippen molar-refractivity contribution in [3.63, 3.8) is 0 Å². The van der Waals surface area contributed by atoms with Gasteiger partial charge in [0.15, 0.2) is 36.3 Å². The van der Waals surface area contributed by atoms with Crippen molar-refractivity contribution in [3.8, 4) is 11.5 Å². The molecule has 21 nitrogen and oxygen atoms in total. The molecule has 3 aliphatic heterocycles. The summed E-state index contributed by atoms with van der Waals surface area (Å²) in [6.07, 6.45) is -11.8. The van der Waals surface area contributed by atoms with Crippen LogP contribution < -0.4 is 26.5 Å². The molecule has 60 heavy (non-hydrogen) atoms. The molecule has 3 aromatic heterocycles. The van der Waals surface area contributed by atoms with Crippen molar-refractivity contribution in [2.45, 2.75) is 55.0 Å². The molecule has 3 fully saturated rings. The SMILES string of the molecule is COc1ccc(C(=O)Oc2ccc(CSP3(=O)OCC4O[C@@H](n5cnc6c(N)ncnc65)[C@H](F)[C@@H]4OP(=O)(O)OC[C@H]4O[C@@H](n5ccc(=O)[nH]c5=O)[C@H](F)[C@@H]4O3)cc2)cc1. The van der Waals surface area contributed by atoms with E-state index >= 15 is 8.78 Å². The molecular weight excluding hydrogens is 862 g/mol. The summed E-state index contributed by atoms with van der Waals surface area (Å²) in [6.45, 7) is -6.40. The number of H-pyrrole nitrogens is 1. The number of hydrogen-bond acceptors (Lipinski definition) is 18. The van der Waals surface area contributed by atoms with Crippen LogP contribution in [0.4, 0.5) is 14.6 Å². The van der Waals surface area contributed by atoms with Crippen molar-refractivity contribution in [3.05, 3.63) is 105 Å². The number of methoxy groups -OCH3 is 1. The highest BCUT2D eigenvalue weighted by molar-refractivity contribution is 8.54. The van der Waals surface area contributed by atoms with Crippen molar-refractivity contribution >= 4 is 49.0 Å².